The van der Waals surface area contributed by atoms with Crippen molar-refractivity contribution in [2.24, 2.45) is 0 Å². The van der Waals surface area contributed by atoms with Gasteiger partial charge in [-0.1, -0.05) is 13.0 Å². The fourth-order valence-corrected chi connectivity index (χ4v) is 2.08. The van der Waals surface area contributed by atoms with Gasteiger partial charge in [-0.2, -0.15) is 0 Å². The maximum absolute atomic E-state index is 11.5. The van der Waals surface area contributed by atoms with E-state index in [9.17, 15) is 9.59 Å². The lowest BCUT2D eigenvalue weighted by molar-refractivity contribution is -0.139. The monoisotopic (exact) mass is 256 g/mol. The minimum absolute atomic E-state index is 0.124. The van der Waals surface area contributed by atoms with Crippen molar-refractivity contribution in [2.45, 2.75) is 32.4 Å². The summed E-state index contributed by atoms with van der Waals surface area (Å²) in [7, 11) is 0. The summed E-state index contributed by atoms with van der Waals surface area (Å²) in [6.45, 7) is 3.56. The van der Waals surface area contributed by atoms with E-state index in [4.69, 9.17) is 5.11 Å². The number of rotatable bonds is 5. The number of aliphatic carboxylic acids is 1. The van der Waals surface area contributed by atoms with Crippen LogP contribution in [0.2, 0.25) is 0 Å². The standard InChI is InChI=1S/C11H16N2O3S/c1-3-8(10(14)15)13-11(16)12-7(2)9-5-4-6-17-9/h4-8H,3H2,1-2H3,(H,14,15)(H2,12,13,16)/t7?,8-/m0/s1. The molecule has 0 saturated carbocycles. The quantitative estimate of drug-likeness (QED) is 0.753. The van der Waals surface area contributed by atoms with Crippen LogP contribution in [0, 0.1) is 0 Å². The molecule has 1 aromatic rings. The highest BCUT2D eigenvalue weighted by Crippen LogP contribution is 2.17. The van der Waals surface area contributed by atoms with Crippen LogP contribution in [0.25, 0.3) is 0 Å². The number of carbonyl (C=O) groups is 2. The van der Waals surface area contributed by atoms with Crippen molar-refractivity contribution in [1.29, 1.82) is 0 Å². The van der Waals surface area contributed by atoms with Gasteiger partial charge >= 0.3 is 12.0 Å². The lowest BCUT2D eigenvalue weighted by Crippen LogP contribution is -2.46. The van der Waals surface area contributed by atoms with E-state index < -0.39 is 18.0 Å². The molecule has 0 saturated heterocycles. The van der Waals surface area contributed by atoms with E-state index in [0.717, 1.165) is 4.88 Å². The van der Waals surface area contributed by atoms with Gasteiger partial charge in [-0.15, -0.1) is 11.3 Å². The van der Waals surface area contributed by atoms with Crippen LogP contribution in [-0.4, -0.2) is 23.1 Å². The minimum Gasteiger partial charge on any atom is -0.480 e. The molecule has 0 bridgehead atoms. The molecule has 1 aromatic heterocycles. The third kappa shape index (κ3) is 4.07. The molecule has 94 valence electrons. The zero-order valence-electron chi connectivity index (χ0n) is 9.77. The number of thiophene rings is 1. The second-order valence-corrected chi connectivity index (χ2v) is 4.63. The summed E-state index contributed by atoms with van der Waals surface area (Å²) in [4.78, 5) is 23.3. The molecular weight excluding hydrogens is 240 g/mol. The van der Waals surface area contributed by atoms with Gasteiger partial charge in [0, 0.05) is 4.88 Å². The Labute approximate surface area is 104 Å². The van der Waals surface area contributed by atoms with E-state index in [1.807, 2.05) is 24.4 Å². The molecule has 1 heterocycles. The van der Waals surface area contributed by atoms with E-state index in [1.165, 1.54) is 0 Å². The maximum atomic E-state index is 11.5. The second kappa shape index (κ2) is 6.24. The van der Waals surface area contributed by atoms with Gasteiger partial charge in [0.2, 0.25) is 0 Å². The van der Waals surface area contributed by atoms with Crippen LogP contribution < -0.4 is 10.6 Å². The number of urea groups is 1. The molecular formula is C11H16N2O3S. The first-order valence-corrected chi connectivity index (χ1v) is 6.25. The van der Waals surface area contributed by atoms with Crippen LogP contribution >= 0.6 is 11.3 Å². The number of nitrogens with one attached hydrogen (secondary N) is 2. The first-order valence-electron chi connectivity index (χ1n) is 5.37. The van der Waals surface area contributed by atoms with Crippen molar-refractivity contribution >= 4 is 23.3 Å². The molecule has 2 atom stereocenters. The molecule has 1 unspecified atom stereocenters. The Kier molecular flexibility index (Phi) is 4.96. The molecule has 0 aromatic carbocycles. The number of hydrogen-bond donors (Lipinski definition) is 3. The molecule has 0 fully saturated rings. The van der Waals surface area contributed by atoms with Crippen molar-refractivity contribution in [3.05, 3.63) is 22.4 Å². The Balaban J connectivity index is 2.47. The van der Waals surface area contributed by atoms with Gasteiger partial charge in [0.05, 0.1) is 6.04 Å². The largest absolute Gasteiger partial charge is 0.480 e. The Morgan fingerprint density at radius 3 is 2.65 bits per heavy atom. The average Bonchev–Trinajstić information content (AvgIpc) is 2.78. The average molecular weight is 256 g/mol. The van der Waals surface area contributed by atoms with Crippen molar-refractivity contribution in [3.8, 4) is 0 Å². The van der Waals surface area contributed by atoms with E-state index in [1.54, 1.807) is 18.3 Å². The van der Waals surface area contributed by atoms with Gasteiger partial charge in [0.25, 0.3) is 0 Å². The predicted octanol–water partition coefficient (Wildman–Crippen LogP) is 1.97. The third-order valence-corrected chi connectivity index (χ3v) is 3.38. The fraction of sp³-hybridized carbons (Fsp3) is 0.455. The van der Waals surface area contributed by atoms with E-state index >= 15 is 0 Å². The van der Waals surface area contributed by atoms with Crippen LogP contribution in [0.4, 0.5) is 4.79 Å². The molecule has 1 rings (SSSR count). The fourth-order valence-electron chi connectivity index (χ4n) is 1.34. The Hall–Kier alpha value is -1.56. The number of hydrogen-bond acceptors (Lipinski definition) is 3. The Morgan fingerprint density at radius 1 is 1.47 bits per heavy atom. The SMILES string of the molecule is CC[C@H](NC(=O)NC(C)c1cccs1)C(=O)O. The molecule has 0 spiro atoms. The molecule has 0 radical (unpaired) electrons. The van der Waals surface area contributed by atoms with Crippen molar-refractivity contribution in [3.63, 3.8) is 0 Å². The van der Waals surface area contributed by atoms with Gasteiger partial charge in [-0.05, 0) is 24.8 Å². The van der Waals surface area contributed by atoms with Crippen molar-refractivity contribution in [2.75, 3.05) is 0 Å². The Bertz CT molecular complexity index is 378. The maximum Gasteiger partial charge on any atom is 0.326 e. The predicted molar refractivity (Wildman–Crippen MR) is 66.1 cm³/mol. The zero-order chi connectivity index (χ0) is 12.8. The van der Waals surface area contributed by atoms with Crippen molar-refractivity contribution in [1.82, 2.24) is 10.6 Å². The summed E-state index contributed by atoms with van der Waals surface area (Å²) in [6.07, 6.45) is 0.357. The first-order chi connectivity index (χ1) is 8.04. The lowest BCUT2D eigenvalue weighted by atomic mass is 10.2. The van der Waals surface area contributed by atoms with Gasteiger partial charge in [0.15, 0.2) is 0 Å². The molecule has 2 amide bonds. The highest BCUT2D eigenvalue weighted by molar-refractivity contribution is 7.10. The van der Waals surface area contributed by atoms with E-state index in [2.05, 4.69) is 10.6 Å². The number of carboxylic acids is 1. The number of carboxylic acid groups (broad SMARTS) is 1. The second-order valence-electron chi connectivity index (χ2n) is 3.65. The summed E-state index contributed by atoms with van der Waals surface area (Å²) in [5.41, 5.74) is 0. The lowest BCUT2D eigenvalue weighted by Gasteiger charge is -2.16. The summed E-state index contributed by atoms with van der Waals surface area (Å²) >= 11 is 1.55. The summed E-state index contributed by atoms with van der Waals surface area (Å²) in [5.74, 6) is -1.02. The molecule has 0 aliphatic rings. The minimum atomic E-state index is -1.02. The van der Waals surface area contributed by atoms with Gasteiger partial charge < -0.3 is 15.7 Å². The molecule has 0 aliphatic heterocycles. The van der Waals surface area contributed by atoms with Crippen LogP contribution in [0.15, 0.2) is 17.5 Å². The molecule has 6 heteroatoms. The smallest absolute Gasteiger partial charge is 0.326 e. The van der Waals surface area contributed by atoms with Gasteiger partial charge in [0.1, 0.15) is 6.04 Å². The normalized spacial score (nSPS) is 13.8. The van der Waals surface area contributed by atoms with Crippen LogP contribution in [0.5, 0.6) is 0 Å². The van der Waals surface area contributed by atoms with Crippen molar-refractivity contribution < 1.29 is 14.7 Å². The Morgan fingerprint density at radius 2 is 2.18 bits per heavy atom. The zero-order valence-corrected chi connectivity index (χ0v) is 10.6. The molecule has 0 aliphatic carbocycles. The molecule has 3 N–H and O–H groups in total. The molecule has 5 nitrogen and oxygen atoms in total. The first kappa shape index (κ1) is 13.5. The van der Waals surface area contributed by atoms with Gasteiger partial charge in [-0.3, -0.25) is 0 Å². The third-order valence-electron chi connectivity index (χ3n) is 2.33. The van der Waals surface area contributed by atoms with Crippen LogP contribution in [0.3, 0.4) is 0 Å². The van der Waals surface area contributed by atoms with Crippen LogP contribution in [-0.2, 0) is 4.79 Å². The van der Waals surface area contributed by atoms with E-state index in [0.29, 0.717) is 6.42 Å². The van der Waals surface area contributed by atoms with Gasteiger partial charge in [-0.25, -0.2) is 9.59 Å². The summed E-state index contributed by atoms with van der Waals surface area (Å²) < 4.78 is 0. The summed E-state index contributed by atoms with van der Waals surface area (Å²) in [5, 5.41) is 15.8. The molecule has 17 heavy (non-hydrogen) atoms. The highest BCUT2D eigenvalue weighted by atomic mass is 32.1. The number of amides is 2. The van der Waals surface area contributed by atoms with Crippen LogP contribution in [0.1, 0.15) is 31.2 Å². The van der Waals surface area contributed by atoms with E-state index in [-0.39, 0.29) is 6.04 Å². The number of carbonyl (C=O) groups excluding carboxylic acids is 1. The highest BCUT2D eigenvalue weighted by Gasteiger charge is 2.18. The summed E-state index contributed by atoms with van der Waals surface area (Å²) in [6, 6.07) is 2.40. The topological polar surface area (TPSA) is 78.4 Å².